The van der Waals surface area contributed by atoms with Gasteiger partial charge in [0.25, 0.3) is 0 Å². The van der Waals surface area contributed by atoms with Crippen molar-refractivity contribution in [1.29, 1.82) is 0 Å². The lowest BCUT2D eigenvalue weighted by atomic mass is 9.92. The summed E-state index contributed by atoms with van der Waals surface area (Å²) in [5, 5.41) is 14.8. The minimum Gasteiger partial charge on any atom is -0.314 e. The van der Waals surface area contributed by atoms with E-state index in [4.69, 9.17) is 0 Å². The lowest BCUT2D eigenvalue weighted by Gasteiger charge is -2.16. The fourth-order valence-corrected chi connectivity index (χ4v) is 3.71. The van der Waals surface area contributed by atoms with Crippen molar-refractivity contribution in [3.63, 3.8) is 0 Å². The molecule has 1 aromatic rings. The fourth-order valence-electron chi connectivity index (χ4n) is 2.70. The summed E-state index contributed by atoms with van der Waals surface area (Å²) in [6.45, 7) is 5.37. The molecule has 0 atom stereocenters. The second-order valence-corrected chi connectivity index (χ2v) is 7.03. The number of nitrogens with zero attached hydrogens (tertiary/aromatic N) is 2. The minimum atomic E-state index is 0.554. The van der Waals surface area contributed by atoms with E-state index in [9.17, 15) is 0 Å². The predicted octanol–water partition coefficient (Wildman–Crippen LogP) is 3.91. The van der Waals surface area contributed by atoms with Crippen molar-refractivity contribution in [2.24, 2.45) is 0 Å². The van der Waals surface area contributed by atoms with Gasteiger partial charge in [-0.2, -0.15) is 0 Å². The van der Waals surface area contributed by atoms with Crippen molar-refractivity contribution in [3.05, 3.63) is 10.0 Å². The van der Waals surface area contributed by atoms with Gasteiger partial charge in [0.2, 0.25) is 0 Å². The topological polar surface area (TPSA) is 37.8 Å². The molecule has 1 fully saturated rings. The maximum Gasteiger partial charge on any atom is 0.120 e. The van der Waals surface area contributed by atoms with Crippen molar-refractivity contribution in [1.82, 2.24) is 15.5 Å². The van der Waals surface area contributed by atoms with E-state index in [2.05, 4.69) is 29.4 Å². The third kappa shape index (κ3) is 5.19. The Kier molecular flexibility index (Phi) is 6.24. The molecule has 1 saturated carbocycles. The molecular formula is C15H27N3S. The molecular weight excluding hydrogens is 254 g/mol. The monoisotopic (exact) mass is 281 g/mol. The normalized spacial score (nSPS) is 18.5. The Bertz CT molecular complexity index is 354. The van der Waals surface area contributed by atoms with Gasteiger partial charge in [0.15, 0.2) is 0 Å². The second-order valence-electron chi connectivity index (χ2n) is 5.93. The molecule has 1 N–H and O–H groups in total. The Labute approximate surface area is 121 Å². The molecule has 0 unspecified atom stereocenters. The van der Waals surface area contributed by atoms with Gasteiger partial charge in [-0.15, -0.1) is 21.5 Å². The van der Waals surface area contributed by atoms with Crippen LogP contribution in [0.25, 0.3) is 0 Å². The van der Waals surface area contributed by atoms with Crippen molar-refractivity contribution < 1.29 is 0 Å². The number of hydrogen-bond acceptors (Lipinski definition) is 4. The Morgan fingerprint density at radius 3 is 2.47 bits per heavy atom. The Balaban J connectivity index is 1.84. The van der Waals surface area contributed by atoms with Crippen LogP contribution in [0.5, 0.6) is 0 Å². The van der Waals surface area contributed by atoms with Crippen LogP contribution in [0.4, 0.5) is 0 Å². The van der Waals surface area contributed by atoms with Gasteiger partial charge in [-0.25, -0.2) is 0 Å². The van der Waals surface area contributed by atoms with Crippen molar-refractivity contribution in [3.8, 4) is 0 Å². The highest BCUT2D eigenvalue weighted by Gasteiger charge is 2.17. The third-order valence-corrected chi connectivity index (χ3v) is 4.97. The smallest absolute Gasteiger partial charge is 0.120 e. The first-order valence-electron chi connectivity index (χ1n) is 7.81. The molecule has 108 valence electrons. The van der Waals surface area contributed by atoms with Crippen LogP contribution in [-0.4, -0.2) is 22.8 Å². The standard InChI is InChI=1S/C15H27N3S/c1-12(2)16-11-10-14-17-18-15(19-14)13-8-6-4-3-5-7-9-13/h12-13,16H,3-11H2,1-2H3. The van der Waals surface area contributed by atoms with E-state index < -0.39 is 0 Å². The number of rotatable bonds is 5. The Hall–Kier alpha value is -0.480. The molecule has 0 spiro atoms. The minimum absolute atomic E-state index is 0.554. The van der Waals surface area contributed by atoms with Crippen LogP contribution in [-0.2, 0) is 6.42 Å². The zero-order chi connectivity index (χ0) is 13.5. The molecule has 19 heavy (non-hydrogen) atoms. The van der Waals surface area contributed by atoms with Crippen LogP contribution in [0.1, 0.15) is 74.7 Å². The Morgan fingerprint density at radius 2 is 1.79 bits per heavy atom. The van der Waals surface area contributed by atoms with E-state index in [1.807, 2.05) is 11.3 Å². The molecule has 1 aromatic heterocycles. The SMILES string of the molecule is CC(C)NCCc1nnc(C2CCCCCCC2)s1. The predicted molar refractivity (Wildman–Crippen MR) is 81.8 cm³/mol. The van der Waals surface area contributed by atoms with Crippen molar-refractivity contribution >= 4 is 11.3 Å². The fraction of sp³-hybridized carbons (Fsp3) is 0.867. The van der Waals surface area contributed by atoms with E-state index in [1.54, 1.807) is 0 Å². The average molecular weight is 281 g/mol. The van der Waals surface area contributed by atoms with E-state index in [1.165, 1.54) is 55.0 Å². The van der Waals surface area contributed by atoms with E-state index in [0.29, 0.717) is 12.0 Å². The summed E-state index contributed by atoms with van der Waals surface area (Å²) in [5.41, 5.74) is 0. The van der Waals surface area contributed by atoms with Gasteiger partial charge >= 0.3 is 0 Å². The second kappa shape index (κ2) is 7.95. The molecule has 1 aliphatic carbocycles. The van der Waals surface area contributed by atoms with Gasteiger partial charge in [0, 0.05) is 24.9 Å². The summed E-state index contributed by atoms with van der Waals surface area (Å²) in [4.78, 5) is 0. The molecule has 0 aromatic carbocycles. The summed E-state index contributed by atoms with van der Waals surface area (Å²) in [6, 6.07) is 0.554. The van der Waals surface area contributed by atoms with Crippen LogP contribution >= 0.6 is 11.3 Å². The first-order chi connectivity index (χ1) is 9.25. The highest BCUT2D eigenvalue weighted by molar-refractivity contribution is 7.11. The average Bonchev–Trinajstić information content (AvgIpc) is 2.76. The van der Waals surface area contributed by atoms with E-state index in [-0.39, 0.29) is 0 Å². The molecule has 0 saturated heterocycles. The van der Waals surface area contributed by atoms with E-state index >= 15 is 0 Å². The molecule has 0 amide bonds. The zero-order valence-electron chi connectivity index (χ0n) is 12.3. The van der Waals surface area contributed by atoms with Crippen molar-refractivity contribution in [2.45, 2.75) is 77.2 Å². The first kappa shape index (κ1) is 14.9. The first-order valence-corrected chi connectivity index (χ1v) is 8.63. The van der Waals surface area contributed by atoms with Gasteiger partial charge in [-0.3, -0.25) is 0 Å². The summed E-state index contributed by atoms with van der Waals surface area (Å²) >= 11 is 1.84. The van der Waals surface area contributed by atoms with Crippen LogP contribution in [0.15, 0.2) is 0 Å². The summed E-state index contributed by atoms with van der Waals surface area (Å²) in [7, 11) is 0. The molecule has 4 heteroatoms. The maximum absolute atomic E-state index is 4.45. The lowest BCUT2D eigenvalue weighted by molar-refractivity contribution is 0.453. The number of nitrogens with one attached hydrogen (secondary N) is 1. The molecule has 3 nitrogen and oxygen atoms in total. The molecule has 0 aliphatic heterocycles. The Morgan fingerprint density at radius 1 is 1.11 bits per heavy atom. The molecule has 0 bridgehead atoms. The zero-order valence-corrected chi connectivity index (χ0v) is 13.1. The van der Waals surface area contributed by atoms with Crippen LogP contribution < -0.4 is 5.32 Å². The number of aromatic nitrogens is 2. The maximum atomic E-state index is 4.45. The summed E-state index contributed by atoms with van der Waals surface area (Å²) < 4.78 is 0. The molecule has 2 rings (SSSR count). The lowest BCUT2D eigenvalue weighted by Crippen LogP contribution is -2.24. The highest BCUT2D eigenvalue weighted by Crippen LogP contribution is 2.32. The van der Waals surface area contributed by atoms with Gasteiger partial charge in [-0.1, -0.05) is 46.0 Å². The van der Waals surface area contributed by atoms with Crippen LogP contribution in [0, 0.1) is 0 Å². The third-order valence-electron chi connectivity index (χ3n) is 3.83. The molecule has 1 aliphatic rings. The van der Waals surface area contributed by atoms with Gasteiger partial charge in [0.1, 0.15) is 10.0 Å². The molecule has 1 heterocycles. The summed E-state index contributed by atoms with van der Waals surface area (Å²) in [6.07, 6.45) is 10.6. The van der Waals surface area contributed by atoms with Gasteiger partial charge in [-0.05, 0) is 12.8 Å². The highest BCUT2D eigenvalue weighted by atomic mass is 32.1. The van der Waals surface area contributed by atoms with E-state index in [0.717, 1.165) is 13.0 Å². The molecule has 0 radical (unpaired) electrons. The van der Waals surface area contributed by atoms with Crippen LogP contribution in [0.3, 0.4) is 0 Å². The number of hydrogen-bond donors (Lipinski definition) is 1. The van der Waals surface area contributed by atoms with Crippen molar-refractivity contribution in [2.75, 3.05) is 6.54 Å². The van der Waals surface area contributed by atoms with Crippen LogP contribution in [0.2, 0.25) is 0 Å². The van der Waals surface area contributed by atoms with Gasteiger partial charge < -0.3 is 5.32 Å². The summed E-state index contributed by atoms with van der Waals surface area (Å²) in [5.74, 6) is 0.685. The quantitative estimate of drug-likeness (QED) is 0.889. The largest absolute Gasteiger partial charge is 0.314 e. The van der Waals surface area contributed by atoms with Gasteiger partial charge in [0.05, 0.1) is 0 Å².